The second-order valence-corrected chi connectivity index (χ2v) is 5.68. The van der Waals surface area contributed by atoms with Crippen LogP contribution in [0.3, 0.4) is 0 Å². The van der Waals surface area contributed by atoms with Gasteiger partial charge in [0.2, 0.25) is 0 Å². The summed E-state index contributed by atoms with van der Waals surface area (Å²) in [6.45, 7) is 4.69. The van der Waals surface area contributed by atoms with E-state index in [1.807, 2.05) is 0 Å². The maximum atomic E-state index is 14.2. The van der Waals surface area contributed by atoms with Crippen LogP contribution in [0.1, 0.15) is 31.2 Å². The van der Waals surface area contributed by atoms with Gasteiger partial charge in [0.05, 0.1) is 0 Å². The number of guanidine groups is 1. The standard InChI is InChI=1S/C17H23F2N3/c1-3-11-21-16(20-2)22-12-17(9-4-5-10-17)15-13(18)7-6-8-14(15)19/h3,6-8H,1,4-5,9-12H2,2H3,(H2,20,21,22). The topological polar surface area (TPSA) is 36.4 Å². The molecule has 1 fully saturated rings. The molecule has 0 aliphatic heterocycles. The number of rotatable bonds is 5. The molecule has 0 bridgehead atoms. The fraction of sp³-hybridized carbons (Fsp3) is 0.471. The number of halogens is 2. The molecule has 1 saturated carbocycles. The Bertz CT molecular complexity index is 529. The smallest absolute Gasteiger partial charge is 0.191 e. The maximum Gasteiger partial charge on any atom is 0.191 e. The Labute approximate surface area is 130 Å². The van der Waals surface area contributed by atoms with Crippen molar-refractivity contribution in [3.8, 4) is 0 Å². The molecule has 0 heterocycles. The molecule has 1 aliphatic rings. The summed E-state index contributed by atoms with van der Waals surface area (Å²) in [6, 6.07) is 4.08. The van der Waals surface area contributed by atoms with Crippen LogP contribution in [0.4, 0.5) is 8.78 Å². The lowest BCUT2D eigenvalue weighted by molar-refractivity contribution is 0.386. The van der Waals surface area contributed by atoms with Crippen molar-refractivity contribution in [1.82, 2.24) is 10.6 Å². The van der Waals surface area contributed by atoms with Crippen LogP contribution in [0, 0.1) is 11.6 Å². The zero-order valence-corrected chi connectivity index (χ0v) is 13.0. The van der Waals surface area contributed by atoms with Crippen LogP contribution in [0.15, 0.2) is 35.8 Å². The molecule has 0 radical (unpaired) electrons. The molecule has 0 aromatic heterocycles. The number of nitrogens with zero attached hydrogens (tertiary/aromatic N) is 1. The van der Waals surface area contributed by atoms with Crippen molar-refractivity contribution in [2.24, 2.45) is 4.99 Å². The summed E-state index contributed by atoms with van der Waals surface area (Å²) >= 11 is 0. The molecule has 1 aliphatic carbocycles. The molecule has 2 rings (SSSR count). The van der Waals surface area contributed by atoms with Gasteiger partial charge in [0.15, 0.2) is 5.96 Å². The second kappa shape index (κ2) is 7.38. The van der Waals surface area contributed by atoms with Crippen molar-refractivity contribution in [2.45, 2.75) is 31.1 Å². The first kappa shape index (κ1) is 16.5. The van der Waals surface area contributed by atoms with E-state index in [9.17, 15) is 8.78 Å². The van der Waals surface area contributed by atoms with E-state index in [1.54, 1.807) is 13.1 Å². The largest absolute Gasteiger partial charge is 0.356 e. The van der Waals surface area contributed by atoms with Crippen molar-refractivity contribution < 1.29 is 8.78 Å². The Morgan fingerprint density at radius 3 is 2.45 bits per heavy atom. The third kappa shape index (κ3) is 3.46. The zero-order chi connectivity index (χ0) is 16.0. The number of nitrogens with one attached hydrogen (secondary N) is 2. The summed E-state index contributed by atoms with van der Waals surface area (Å²) in [7, 11) is 1.67. The van der Waals surface area contributed by atoms with Crippen molar-refractivity contribution in [3.63, 3.8) is 0 Å². The maximum absolute atomic E-state index is 14.2. The summed E-state index contributed by atoms with van der Waals surface area (Å²) in [6.07, 6.45) is 5.24. The van der Waals surface area contributed by atoms with Crippen molar-refractivity contribution >= 4 is 5.96 Å². The third-order valence-electron chi connectivity index (χ3n) is 4.29. The molecule has 120 valence electrons. The SMILES string of the molecule is C=CCNC(=NC)NCC1(c2c(F)cccc2F)CCCC1. The normalized spacial score (nSPS) is 17.3. The Morgan fingerprint density at radius 2 is 1.91 bits per heavy atom. The lowest BCUT2D eigenvalue weighted by Gasteiger charge is -2.31. The molecule has 0 spiro atoms. The summed E-state index contributed by atoms with van der Waals surface area (Å²) in [5.74, 6) is -0.307. The van der Waals surface area contributed by atoms with Gasteiger partial charge in [0.1, 0.15) is 11.6 Å². The van der Waals surface area contributed by atoms with E-state index in [0.29, 0.717) is 19.0 Å². The first-order chi connectivity index (χ1) is 10.6. The molecule has 3 nitrogen and oxygen atoms in total. The van der Waals surface area contributed by atoms with Crippen LogP contribution in [0.25, 0.3) is 0 Å². The van der Waals surface area contributed by atoms with E-state index < -0.39 is 17.0 Å². The lowest BCUT2D eigenvalue weighted by atomic mass is 9.78. The quantitative estimate of drug-likeness (QED) is 0.498. The van der Waals surface area contributed by atoms with Gasteiger partial charge in [-0.25, -0.2) is 8.78 Å². The number of hydrogen-bond acceptors (Lipinski definition) is 1. The van der Waals surface area contributed by atoms with Crippen LogP contribution in [-0.4, -0.2) is 26.1 Å². The minimum Gasteiger partial charge on any atom is -0.356 e. The Morgan fingerprint density at radius 1 is 1.27 bits per heavy atom. The molecule has 5 heteroatoms. The molecule has 0 unspecified atom stereocenters. The average molecular weight is 307 g/mol. The van der Waals surface area contributed by atoms with Crippen LogP contribution in [0.5, 0.6) is 0 Å². The van der Waals surface area contributed by atoms with Crippen LogP contribution >= 0.6 is 0 Å². The summed E-state index contributed by atoms with van der Waals surface area (Å²) in [5, 5.41) is 6.27. The van der Waals surface area contributed by atoms with E-state index >= 15 is 0 Å². The molecule has 1 aromatic carbocycles. The van der Waals surface area contributed by atoms with Gasteiger partial charge in [0.25, 0.3) is 0 Å². The van der Waals surface area contributed by atoms with E-state index in [1.165, 1.54) is 18.2 Å². The monoisotopic (exact) mass is 307 g/mol. The van der Waals surface area contributed by atoms with Crippen LogP contribution in [-0.2, 0) is 5.41 Å². The van der Waals surface area contributed by atoms with E-state index in [2.05, 4.69) is 22.2 Å². The fourth-order valence-corrected chi connectivity index (χ4v) is 3.21. The minimum atomic E-state index is -0.513. The summed E-state index contributed by atoms with van der Waals surface area (Å²) in [4.78, 5) is 4.12. The molecule has 0 amide bonds. The van der Waals surface area contributed by atoms with Gasteiger partial charge in [-0.1, -0.05) is 25.0 Å². The second-order valence-electron chi connectivity index (χ2n) is 5.68. The van der Waals surface area contributed by atoms with Crippen molar-refractivity contribution in [1.29, 1.82) is 0 Å². The Balaban J connectivity index is 2.21. The summed E-state index contributed by atoms with van der Waals surface area (Å²) < 4.78 is 28.5. The van der Waals surface area contributed by atoms with Gasteiger partial charge in [-0.3, -0.25) is 4.99 Å². The molecule has 22 heavy (non-hydrogen) atoms. The van der Waals surface area contributed by atoms with E-state index in [0.717, 1.165) is 25.7 Å². The van der Waals surface area contributed by atoms with E-state index in [4.69, 9.17) is 0 Å². The lowest BCUT2D eigenvalue weighted by Crippen LogP contribution is -2.45. The van der Waals surface area contributed by atoms with Crippen molar-refractivity contribution in [3.05, 3.63) is 48.1 Å². The average Bonchev–Trinajstić information content (AvgIpc) is 2.97. The Kier molecular flexibility index (Phi) is 5.52. The minimum absolute atomic E-state index is 0.208. The van der Waals surface area contributed by atoms with Gasteiger partial charge in [-0.05, 0) is 25.0 Å². The summed E-state index contributed by atoms with van der Waals surface area (Å²) in [5.41, 5.74) is -0.305. The molecular weight excluding hydrogens is 284 g/mol. The highest BCUT2D eigenvalue weighted by molar-refractivity contribution is 5.79. The third-order valence-corrected chi connectivity index (χ3v) is 4.29. The van der Waals surface area contributed by atoms with Crippen LogP contribution < -0.4 is 10.6 Å². The van der Waals surface area contributed by atoms with Gasteiger partial charge in [0, 0.05) is 31.1 Å². The molecule has 2 N–H and O–H groups in total. The zero-order valence-electron chi connectivity index (χ0n) is 13.0. The molecule has 0 atom stereocenters. The Hall–Kier alpha value is -1.91. The van der Waals surface area contributed by atoms with Crippen LogP contribution in [0.2, 0.25) is 0 Å². The van der Waals surface area contributed by atoms with Gasteiger partial charge in [-0.15, -0.1) is 6.58 Å². The highest BCUT2D eigenvalue weighted by Gasteiger charge is 2.39. The predicted octanol–water partition coefficient (Wildman–Crippen LogP) is 3.13. The highest BCUT2D eigenvalue weighted by Crippen LogP contribution is 2.42. The first-order valence-corrected chi connectivity index (χ1v) is 7.63. The molecule has 1 aromatic rings. The van der Waals surface area contributed by atoms with E-state index in [-0.39, 0.29) is 5.56 Å². The predicted molar refractivity (Wildman–Crippen MR) is 86.1 cm³/mol. The number of benzene rings is 1. The molecular formula is C17H23F2N3. The molecule has 0 saturated heterocycles. The number of hydrogen-bond donors (Lipinski definition) is 2. The number of aliphatic imine (C=N–C) groups is 1. The van der Waals surface area contributed by atoms with Gasteiger partial charge in [-0.2, -0.15) is 0 Å². The van der Waals surface area contributed by atoms with Gasteiger partial charge >= 0.3 is 0 Å². The van der Waals surface area contributed by atoms with Gasteiger partial charge < -0.3 is 10.6 Å². The first-order valence-electron chi connectivity index (χ1n) is 7.63. The van der Waals surface area contributed by atoms with Crippen molar-refractivity contribution in [2.75, 3.05) is 20.1 Å². The highest BCUT2D eigenvalue weighted by atomic mass is 19.1. The fourth-order valence-electron chi connectivity index (χ4n) is 3.21.